The second-order valence-electron chi connectivity index (χ2n) is 6.75. The lowest BCUT2D eigenvalue weighted by atomic mass is 10.1. The van der Waals surface area contributed by atoms with Crippen LogP contribution in [-0.2, 0) is 10.0 Å². The minimum atomic E-state index is -3.94. The first kappa shape index (κ1) is 20.1. The van der Waals surface area contributed by atoms with Gasteiger partial charge in [0, 0.05) is 25.9 Å². The fourth-order valence-electron chi connectivity index (χ4n) is 3.04. The predicted molar refractivity (Wildman–Crippen MR) is 119 cm³/mol. The highest BCUT2D eigenvalue weighted by molar-refractivity contribution is 7.92. The Morgan fingerprint density at radius 3 is 2.40 bits per heavy atom. The van der Waals surface area contributed by atoms with Gasteiger partial charge in [0.2, 0.25) is 0 Å². The normalized spacial score (nSPS) is 11.4. The third-order valence-corrected chi connectivity index (χ3v) is 6.02. The lowest BCUT2D eigenvalue weighted by molar-refractivity contribution is 0.601. The lowest BCUT2D eigenvalue weighted by Crippen LogP contribution is -2.15. The number of sulfonamides is 1. The van der Waals surface area contributed by atoms with Gasteiger partial charge in [0.25, 0.3) is 10.0 Å². The van der Waals surface area contributed by atoms with Gasteiger partial charge in [0.15, 0.2) is 11.0 Å². The van der Waals surface area contributed by atoms with E-state index in [1.807, 2.05) is 43.3 Å². The van der Waals surface area contributed by atoms with Gasteiger partial charge in [-0.15, -0.1) is 0 Å². The number of nitrogens with zero attached hydrogens (tertiary/aromatic N) is 4. The van der Waals surface area contributed by atoms with Gasteiger partial charge in [0.1, 0.15) is 5.82 Å². The first-order chi connectivity index (χ1) is 14.3. The number of fused-ring (bicyclic) bond motifs is 1. The van der Waals surface area contributed by atoms with Crippen LogP contribution in [0.2, 0.25) is 5.15 Å². The average Bonchev–Trinajstić information content (AvgIpc) is 2.74. The van der Waals surface area contributed by atoms with Gasteiger partial charge in [-0.2, -0.15) is 0 Å². The molecule has 0 amide bonds. The molecule has 7 nitrogen and oxygen atoms in total. The molecule has 0 aliphatic heterocycles. The van der Waals surface area contributed by atoms with E-state index >= 15 is 0 Å². The second-order valence-corrected chi connectivity index (χ2v) is 8.79. The molecule has 2 heterocycles. The number of anilines is 2. The van der Waals surface area contributed by atoms with Gasteiger partial charge in [-0.05, 0) is 42.0 Å². The molecular formula is C21H18ClN5O2S. The van der Waals surface area contributed by atoms with Crippen molar-refractivity contribution in [3.8, 4) is 11.1 Å². The van der Waals surface area contributed by atoms with Crippen molar-refractivity contribution in [2.45, 2.75) is 4.90 Å². The van der Waals surface area contributed by atoms with Crippen LogP contribution in [0.25, 0.3) is 22.2 Å². The monoisotopic (exact) mass is 439 g/mol. The molecule has 0 saturated heterocycles. The number of aromatic nitrogens is 3. The fraction of sp³-hybridized carbons (Fsp3) is 0.0952. The molecule has 0 bridgehead atoms. The summed E-state index contributed by atoms with van der Waals surface area (Å²) in [5.41, 5.74) is 2.67. The Bertz CT molecular complexity index is 1340. The number of hydrogen-bond donors (Lipinski definition) is 1. The summed E-state index contributed by atoms with van der Waals surface area (Å²) in [5.74, 6) is 0.722. The van der Waals surface area contributed by atoms with E-state index in [0.717, 1.165) is 16.9 Å². The largest absolute Gasteiger partial charge is 0.362 e. The number of benzene rings is 2. The summed E-state index contributed by atoms with van der Waals surface area (Å²) in [5, 5.41) is -0.0180. The maximum atomic E-state index is 13.0. The topological polar surface area (TPSA) is 88.1 Å². The molecule has 0 atom stereocenters. The third kappa shape index (κ3) is 3.92. The molecule has 0 spiro atoms. The van der Waals surface area contributed by atoms with Crippen molar-refractivity contribution in [3.63, 3.8) is 0 Å². The summed E-state index contributed by atoms with van der Waals surface area (Å²) in [6.45, 7) is 0. The highest BCUT2D eigenvalue weighted by Gasteiger charge is 2.19. The molecule has 4 rings (SSSR count). The van der Waals surface area contributed by atoms with Crippen molar-refractivity contribution < 1.29 is 8.42 Å². The summed E-state index contributed by atoms with van der Waals surface area (Å²) in [7, 11) is -0.172. The standard InChI is InChI=1S/C21H18ClN5O2S/c1-27(2)21-16(9-6-12-23-21)14-7-5-8-15(13-14)30(28,29)26-20-19(22)24-17-10-3-4-11-18(17)25-20/h3-13H,1-2H3,(H,25,26). The Morgan fingerprint density at radius 2 is 1.67 bits per heavy atom. The molecule has 9 heteroatoms. The maximum absolute atomic E-state index is 13.0. The van der Waals surface area contributed by atoms with Gasteiger partial charge in [-0.3, -0.25) is 4.72 Å². The minimum Gasteiger partial charge on any atom is -0.362 e. The van der Waals surface area contributed by atoms with Crippen molar-refractivity contribution in [1.82, 2.24) is 15.0 Å². The van der Waals surface area contributed by atoms with Crippen molar-refractivity contribution in [2.75, 3.05) is 23.7 Å². The van der Waals surface area contributed by atoms with E-state index in [-0.39, 0.29) is 15.9 Å². The second kappa shape index (κ2) is 7.89. The molecule has 152 valence electrons. The van der Waals surface area contributed by atoms with Gasteiger partial charge >= 0.3 is 0 Å². The molecule has 0 saturated carbocycles. The van der Waals surface area contributed by atoms with E-state index in [9.17, 15) is 8.42 Å². The number of pyridine rings is 1. The Morgan fingerprint density at radius 1 is 0.933 bits per heavy atom. The van der Waals surface area contributed by atoms with E-state index < -0.39 is 10.0 Å². The number of hydrogen-bond acceptors (Lipinski definition) is 6. The van der Waals surface area contributed by atoms with Crippen LogP contribution in [0.5, 0.6) is 0 Å². The predicted octanol–water partition coefficient (Wildman–Crippen LogP) is 4.21. The van der Waals surface area contributed by atoms with Crippen LogP contribution in [0.15, 0.2) is 71.8 Å². The molecule has 2 aromatic carbocycles. The SMILES string of the molecule is CN(C)c1ncccc1-c1cccc(S(=O)(=O)Nc2nc3ccccc3nc2Cl)c1. The van der Waals surface area contributed by atoms with Crippen LogP contribution in [0.4, 0.5) is 11.6 Å². The minimum absolute atomic E-state index is 0.0175. The smallest absolute Gasteiger partial charge is 0.263 e. The molecule has 2 aromatic heterocycles. The molecular weight excluding hydrogens is 422 g/mol. The zero-order valence-electron chi connectivity index (χ0n) is 16.2. The van der Waals surface area contributed by atoms with Crippen molar-refractivity contribution in [3.05, 3.63) is 72.0 Å². The van der Waals surface area contributed by atoms with Crippen LogP contribution in [0.1, 0.15) is 0 Å². The van der Waals surface area contributed by atoms with E-state index in [4.69, 9.17) is 11.6 Å². The molecule has 0 aliphatic carbocycles. The van der Waals surface area contributed by atoms with Crippen molar-refractivity contribution >= 4 is 44.3 Å². The maximum Gasteiger partial charge on any atom is 0.263 e. The highest BCUT2D eigenvalue weighted by Crippen LogP contribution is 2.30. The Labute approximate surface area is 179 Å². The average molecular weight is 440 g/mol. The summed E-state index contributed by atoms with van der Waals surface area (Å²) in [6, 6.07) is 17.4. The summed E-state index contributed by atoms with van der Waals surface area (Å²) < 4.78 is 28.5. The zero-order chi connectivity index (χ0) is 21.3. The summed E-state index contributed by atoms with van der Waals surface area (Å²) in [4.78, 5) is 14.9. The summed E-state index contributed by atoms with van der Waals surface area (Å²) in [6.07, 6.45) is 1.70. The van der Waals surface area contributed by atoms with E-state index in [1.54, 1.807) is 36.5 Å². The molecule has 1 N–H and O–H groups in total. The number of para-hydroxylation sites is 2. The molecule has 0 radical (unpaired) electrons. The van der Waals surface area contributed by atoms with Gasteiger partial charge in [0.05, 0.1) is 15.9 Å². The van der Waals surface area contributed by atoms with E-state index in [0.29, 0.717) is 11.0 Å². The Balaban J connectivity index is 1.73. The molecule has 0 aliphatic rings. The third-order valence-electron chi connectivity index (χ3n) is 4.42. The Kier molecular flexibility index (Phi) is 5.27. The molecule has 30 heavy (non-hydrogen) atoms. The summed E-state index contributed by atoms with van der Waals surface area (Å²) >= 11 is 6.17. The number of nitrogens with one attached hydrogen (secondary N) is 1. The van der Waals surface area contributed by atoms with Crippen LogP contribution >= 0.6 is 11.6 Å². The van der Waals surface area contributed by atoms with Crippen LogP contribution in [0.3, 0.4) is 0 Å². The quantitative estimate of drug-likeness (QED) is 0.501. The molecule has 0 fully saturated rings. The zero-order valence-corrected chi connectivity index (χ0v) is 17.8. The van der Waals surface area contributed by atoms with Gasteiger partial charge < -0.3 is 4.90 Å². The fourth-order valence-corrected chi connectivity index (χ4v) is 4.33. The van der Waals surface area contributed by atoms with Crippen LogP contribution in [0, 0.1) is 0 Å². The van der Waals surface area contributed by atoms with Gasteiger partial charge in [-0.1, -0.05) is 35.9 Å². The van der Waals surface area contributed by atoms with Crippen LogP contribution < -0.4 is 9.62 Å². The van der Waals surface area contributed by atoms with Gasteiger partial charge in [-0.25, -0.2) is 23.4 Å². The first-order valence-corrected chi connectivity index (χ1v) is 10.9. The van der Waals surface area contributed by atoms with Crippen molar-refractivity contribution in [1.29, 1.82) is 0 Å². The van der Waals surface area contributed by atoms with E-state index in [1.165, 1.54) is 6.07 Å². The molecule has 0 unspecified atom stereocenters. The molecule has 4 aromatic rings. The lowest BCUT2D eigenvalue weighted by Gasteiger charge is -2.16. The number of rotatable bonds is 5. The Hall–Kier alpha value is -3.23. The highest BCUT2D eigenvalue weighted by atomic mass is 35.5. The first-order valence-electron chi connectivity index (χ1n) is 9.03. The number of halogens is 1. The van der Waals surface area contributed by atoms with Crippen LogP contribution in [-0.4, -0.2) is 37.5 Å². The van der Waals surface area contributed by atoms with Crippen molar-refractivity contribution in [2.24, 2.45) is 0 Å². The van der Waals surface area contributed by atoms with E-state index in [2.05, 4.69) is 19.7 Å².